The molecule has 2 amide bonds. The molecule has 0 saturated carbocycles. The minimum Gasteiger partial charge on any atom is -0.461 e. The normalized spacial score (nSPS) is 24.0. The van der Waals surface area contributed by atoms with Gasteiger partial charge in [-0.25, -0.2) is 4.79 Å². The molecule has 2 saturated heterocycles. The van der Waals surface area contributed by atoms with E-state index in [1.807, 2.05) is 36.1 Å². The largest absolute Gasteiger partial charge is 0.461 e. The lowest BCUT2D eigenvalue weighted by Crippen LogP contribution is -2.58. The van der Waals surface area contributed by atoms with Crippen LogP contribution in [-0.4, -0.2) is 49.4 Å². The summed E-state index contributed by atoms with van der Waals surface area (Å²) in [4.78, 5) is 14.5. The Balaban J connectivity index is 1.42. The molecule has 2 aliphatic heterocycles. The van der Waals surface area contributed by atoms with Gasteiger partial charge < -0.3 is 24.1 Å². The Labute approximate surface area is 147 Å². The predicted octanol–water partition coefficient (Wildman–Crippen LogP) is 2.83. The average Bonchev–Trinajstić information content (AvgIpc) is 2.95. The highest BCUT2D eigenvalue weighted by Gasteiger charge is 2.40. The molecule has 1 atom stereocenters. The molecule has 1 spiro atoms. The SMILES string of the molecule is Cc1oc2ccccc2c1CNC(=O)N1CCOC2(CCCOC2)C1. The zero-order chi connectivity index (χ0) is 17.3. The molecule has 2 aromatic rings. The zero-order valence-electron chi connectivity index (χ0n) is 14.5. The molecule has 0 radical (unpaired) electrons. The first-order chi connectivity index (χ1) is 12.2. The minimum atomic E-state index is -0.327. The molecule has 1 unspecified atom stereocenters. The lowest BCUT2D eigenvalue weighted by molar-refractivity contribution is -0.160. The van der Waals surface area contributed by atoms with Crippen LogP contribution in [0, 0.1) is 6.92 Å². The molecule has 3 heterocycles. The van der Waals surface area contributed by atoms with Crippen molar-refractivity contribution in [3.05, 3.63) is 35.6 Å². The van der Waals surface area contributed by atoms with Crippen molar-refractivity contribution in [2.45, 2.75) is 31.9 Å². The van der Waals surface area contributed by atoms with Crippen LogP contribution in [0.5, 0.6) is 0 Å². The number of aryl methyl sites for hydroxylation is 1. The number of carbonyl (C=O) groups is 1. The quantitative estimate of drug-likeness (QED) is 0.910. The van der Waals surface area contributed by atoms with Crippen LogP contribution in [0.2, 0.25) is 0 Å². The lowest BCUT2D eigenvalue weighted by Gasteiger charge is -2.44. The summed E-state index contributed by atoms with van der Waals surface area (Å²) < 4.78 is 17.3. The number of morpholine rings is 1. The second kappa shape index (κ2) is 6.69. The topological polar surface area (TPSA) is 63.9 Å². The monoisotopic (exact) mass is 344 g/mol. The van der Waals surface area contributed by atoms with Gasteiger partial charge >= 0.3 is 6.03 Å². The van der Waals surface area contributed by atoms with E-state index in [-0.39, 0.29) is 11.6 Å². The van der Waals surface area contributed by atoms with E-state index in [1.165, 1.54) is 0 Å². The number of hydrogen-bond donors (Lipinski definition) is 1. The Morgan fingerprint density at radius 3 is 3.04 bits per heavy atom. The number of fused-ring (bicyclic) bond motifs is 1. The highest BCUT2D eigenvalue weighted by Crippen LogP contribution is 2.28. The van der Waals surface area contributed by atoms with Crippen molar-refractivity contribution in [2.75, 3.05) is 32.9 Å². The first-order valence-electron chi connectivity index (χ1n) is 8.88. The Morgan fingerprint density at radius 1 is 1.32 bits per heavy atom. The maximum atomic E-state index is 12.7. The van der Waals surface area contributed by atoms with Crippen molar-refractivity contribution in [2.24, 2.45) is 0 Å². The van der Waals surface area contributed by atoms with E-state index in [4.69, 9.17) is 13.9 Å². The number of para-hydroxylation sites is 1. The molecule has 2 aliphatic rings. The van der Waals surface area contributed by atoms with E-state index in [2.05, 4.69) is 5.32 Å². The van der Waals surface area contributed by atoms with Gasteiger partial charge in [-0.3, -0.25) is 0 Å². The fraction of sp³-hybridized carbons (Fsp3) is 0.526. The Bertz CT molecular complexity index is 758. The number of benzene rings is 1. The number of nitrogens with zero attached hydrogens (tertiary/aromatic N) is 1. The third-order valence-corrected chi connectivity index (χ3v) is 5.14. The van der Waals surface area contributed by atoms with Crippen molar-refractivity contribution in [3.63, 3.8) is 0 Å². The highest BCUT2D eigenvalue weighted by atomic mass is 16.5. The summed E-state index contributed by atoms with van der Waals surface area (Å²) in [6, 6.07) is 7.85. The Hall–Kier alpha value is -2.05. The van der Waals surface area contributed by atoms with Gasteiger partial charge in [0.25, 0.3) is 0 Å². The van der Waals surface area contributed by atoms with Crippen molar-refractivity contribution >= 4 is 17.0 Å². The first kappa shape index (κ1) is 16.4. The van der Waals surface area contributed by atoms with Gasteiger partial charge in [0, 0.05) is 30.6 Å². The zero-order valence-corrected chi connectivity index (χ0v) is 14.5. The fourth-order valence-corrected chi connectivity index (χ4v) is 3.80. The maximum Gasteiger partial charge on any atom is 0.317 e. The minimum absolute atomic E-state index is 0.0575. The van der Waals surface area contributed by atoms with Crippen LogP contribution in [0.15, 0.2) is 28.7 Å². The summed E-state index contributed by atoms with van der Waals surface area (Å²) >= 11 is 0. The molecule has 2 fully saturated rings. The first-order valence-corrected chi connectivity index (χ1v) is 8.88. The molecule has 6 nitrogen and oxygen atoms in total. The summed E-state index contributed by atoms with van der Waals surface area (Å²) in [5, 5.41) is 4.10. The van der Waals surface area contributed by atoms with Crippen molar-refractivity contribution in [1.82, 2.24) is 10.2 Å². The third kappa shape index (κ3) is 3.24. The number of rotatable bonds is 2. The van der Waals surface area contributed by atoms with Crippen LogP contribution in [0.3, 0.4) is 0 Å². The van der Waals surface area contributed by atoms with E-state index in [9.17, 15) is 4.79 Å². The van der Waals surface area contributed by atoms with Gasteiger partial charge in [0.1, 0.15) is 16.9 Å². The van der Waals surface area contributed by atoms with Crippen LogP contribution in [0.1, 0.15) is 24.2 Å². The fourth-order valence-electron chi connectivity index (χ4n) is 3.80. The number of urea groups is 1. The smallest absolute Gasteiger partial charge is 0.317 e. The molecule has 1 aromatic carbocycles. The number of furan rings is 1. The molecule has 25 heavy (non-hydrogen) atoms. The number of carbonyl (C=O) groups excluding carboxylic acids is 1. The maximum absolute atomic E-state index is 12.7. The summed E-state index contributed by atoms with van der Waals surface area (Å²) in [7, 11) is 0. The van der Waals surface area contributed by atoms with Gasteiger partial charge in [0.05, 0.1) is 19.8 Å². The lowest BCUT2D eigenvalue weighted by atomic mass is 9.94. The van der Waals surface area contributed by atoms with E-state index in [0.717, 1.165) is 41.7 Å². The van der Waals surface area contributed by atoms with E-state index >= 15 is 0 Å². The molecule has 134 valence electrons. The predicted molar refractivity (Wildman–Crippen MR) is 93.5 cm³/mol. The van der Waals surface area contributed by atoms with Gasteiger partial charge in [0.2, 0.25) is 0 Å². The standard InChI is InChI=1S/C19H24N2O4/c1-14-16(15-5-2-3-6-17(15)25-14)11-20-18(22)21-8-10-24-19(12-21)7-4-9-23-13-19/h2-3,5-6H,4,7-13H2,1H3,(H,20,22). The Morgan fingerprint density at radius 2 is 2.20 bits per heavy atom. The summed E-state index contributed by atoms with van der Waals surface area (Å²) in [5.41, 5.74) is 1.56. The van der Waals surface area contributed by atoms with Gasteiger partial charge in [0.15, 0.2) is 0 Å². The van der Waals surface area contributed by atoms with Gasteiger partial charge in [-0.05, 0) is 25.8 Å². The van der Waals surface area contributed by atoms with E-state index < -0.39 is 0 Å². The summed E-state index contributed by atoms with van der Waals surface area (Å²) in [6.45, 7) is 5.51. The molecular weight excluding hydrogens is 320 g/mol. The second-order valence-corrected chi connectivity index (χ2v) is 6.90. The third-order valence-electron chi connectivity index (χ3n) is 5.14. The van der Waals surface area contributed by atoms with Crippen LogP contribution in [0.4, 0.5) is 4.79 Å². The van der Waals surface area contributed by atoms with Crippen LogP contribution in [0.25, 0.3) is 11.0 Å². The number of ether oxygens (including phenoxy) is 2. The molecular formula is C19H24N2O4. The van der Waals surface area contributed by atoms with Crippen LogP contribution in [-0.2, 0) is 16.0 Å². The molecule has 0 aliphatic carbocycles. The molecule has 1 aromatic heterocycles. The summed E-state index contributed by atoms with van der Waals surface area (Å²) in [6.07, 6.45) is 1.93. The number of nitrogens with one attached hydrogen (secondary N) is 1. The number of amides is 2. The van der Waals surface area contributed by atoms with Gasteiger partial charge in [-0.1, -0.05) is 18.2 Å². The van der Waals surface area contributed by atoms with Gasteiger partial charge in [-0.15, -0.1) is 0 Å². The van der Waals surface area contributed by atoms with Gasteiger partial charge in [-0.2, -0.15) is 0 Å². The highest BCUT2D eigenvalue weighted by molar-refractivity contribution is 5.83. The van der Waals surface area contributed by atoms with Crippen molar-refractivity contribution in [3.8, 4) is 0 Å². The average molecular weight is 344 g/mol. The van der Waals surface area contributed by atoms with Crippen LogP contribution >= 0.6 is 0 Å². The molecule has 0 bridgehead atoms. The van der Waals surface area contributed by atoms with Crippen molar-refractivity contribution in [1.29, 1.82) is 0 Å². The molecule has 6 heteroatoms. The Kier molecular flexibility index (Phi) is 4.39. The molecule has 1 N–H and O–H groups in total. The van der Waals surface area contributed by atoms with E-state index in [0.29, 0.717) is 32.8 Å². The molecule has 4 rings (SSSR count). The van der Waals surface area contributed by atoms with Crippen LogP contribution < -0.4 is 5.32 Å². The van der Waals surface area contributed by atoms with E-state index in [1.54, 1.807) is 0 Å². The second-order valence-electron chi connectivity index (χ2n) is 6.90. The number of hydrogen-bond acceptors (Lipinski definition) is 4. The van der Waals surface area contributed by atoms with Crippen molar-refractivity contribution < 1.29 is 18.7 Å². The summed E-state index contributed by atoms with van der Waals surface area (Å²) in [5.74, 6) is 0.848.